The Morgan fingerprint density at radius 2 is 0.714 bits per heavy atom. The first kappa shape index (κ1) is 55.0. The summed E-state index contributed by atoms with van der Waals surface area (Å²) in [6.07, 6.45) is 51.4. The van der Waals surface area contributed by atoms with Crippen molar-refractivity contribution in [3.8, 4) is 0 Å². The molecule has 0 aliphatic heterocycles. The Balaban J connectivity index is 3.55. The summed E-state index contributed by atoms with van der Waals surface area (Å²) in [6, 6.07) is -0.980. The number of allylic oxidation sites excluding steroid dienone is 2. The van der Waals surface area contributed by atoms with Gasteiger partial charge in [0.15, 0.2) is 0 Å². The van der Waals surface area contributed by atoms with E-state index >= 15 is 0 Å². The Morgan fingerprint density at radius 3 is 1.04 bits per heavy atom. The van der Waals surface area contributed by atoms with Gasteiger partial charge in [-0.3, -0.25) is 4.79 Å². The molecule has 0 saturated heterocycles. The third kappa shape index (κ3) is 38.6. The van der Waals surface area contributed by atoms with E-state index in [0.29, 0.717) is 12.8 Å². The molecule has 0 bridgehead atoms. The number of aliphatic hydroxyl groups is 4. The van der Waals surface area contributed by atoms with Crippen LogP contribution in [-0.2, 0) is 4.79 Å². The van der Waals surface area contributed by atoms with Crippen molar-refractivity contribution in [2.24, 2.45) is 0 Å². The van der Waals surface area contributed by atoms with Crippen LogP contribution in [0.4, 0.5) is 0 Å². The van der Waals surface area contributed by atoms with Crippen LogP contribution in [-0.4, -0.2) is 57.3 Å². The van der Waals surface area contributed by atoms with E-state index in [4.69, 9.17) is 0 Å². The fourth-order valence-corrected chi connectivity index (χ4v) is 7.99. The van der Waals surface area contributed by atoms with Crippen molar-refractivity contribution in [1.29, 1.82) is 0 Å². The maximum atomic E-state index is 12.5. The molecule has 334 valence electrons. The van der Waals surface area contributed by atoms with Crippen LogP contribution < -0.4 is 5.32 Å². The molecule has 0 rings (SSSR count). The van der Waals surface area contributed by atoms with E-state index in [9.17, 15) is 25.2 Å². The summed E-state index contributed by atoms with van der Waals surface area (Å²) in [4.78, 5) is 12.5. The van der Waals surface area contributed by atoms with E-state index in [1.807, 2.05) is 0 Å². The molecular weight excluding hydrogens is 695 g/mol. The van der Waals surface area contributed by atoms with Gasteiger partial charge in [0, 0.05) is 0 Å². The van der Waals surface area contributed by atoms with Gasteiger partial charge in [-0.15, -0.1) is 0 Å². The third-order valence-electron chi connectivity index (χ3n) is 12.0. The van der Waals surface area contributed by atoms with E-state index in [0.717, 1.165) is 38.5 Å². The zero-order chi connectivity index (χ0) is 41.0. The first-order chi connectivity index (χ1) is 27.5. The lowest BCUT2D eigenvalue weighted by atomic mass is 9.99. The van der Waals surface area contributed by atoms with Gasteiger partial charge in [-0.05, 0) is 38.5 Å². The first-order valence-corrected chi connectivity index (χ1v) is 25.1. The minimum atomic E-state index is -1.25. The van der Waals surface area contributed by atoms with Crippen molar-refractivity contribution in [2.45, 2.75) is 295 Å². The largest absolute Gasteiger partial charge is 0.394 e. The second-order valence-corrected chi connectivity index (χ2v) is 17.5. The van der Waals surface area contributed by atoms with E-state index in [1.54, 1.807) is 0 Å². The van der Waals surface area contributed by atoms with E-state index < -0.39 is 36.9 Å². The summed E-state index contributed by atoms with van der Waals surface area (Å²) in [5.41, 5.74) is 0. The smallest absolute Gasteiger partial charge is 0.249 e. The summed E-state index contributed by atoms with van der Waals surface area (Å²) in [5.74, 6) is -0.582. The monoisotopic (exact) mass is 794 g/mol. The number of carbonyl (C=O) groups excluding carboxylic acids is 1. The van der Waals surface area contributed by atoms with E-state index in [1.165, 1.54) is 205 Å². The zero-order valence-corrected chi connectivity index (χ0v) is 37.7. The lowest BCUT2D eigenvalue weighted by Gasteiger charge is -2.27. The first-order valence-electron chi connectivity index (χ1n) is 25.1. The summed E-state index contributed by atoms with van der Waals surface area (Å²) in [7, 11) is 0. The van der Waals surface area contributed by atoms with Gasteiger partial charge < -0.3 is 25.7 Å². The molecule has 0 spiro atoms. The van der Waals surface area contributed by atoms with Gasteiger partial charge in [0.25, 0.3) is 0 Å². The molecule has 0 radical (unpaired) electrons. The molecule has 0 saturated carbocycles. The highest BCUT2D eigenvalue weighted by Gasteiger charge is 2.28. The van der Waals surface area contributed by atoms with Gasteiger partial charge >= 0.3 is 0 Å². The standard InChI is InChI=1S/C50H99NO5/c1-3-5-7-9-11-13-15-16-17-18-19-20-21-22-23-24-25-26-27-28-29-30-31-32-33-34-36-38-40-42-44-48(54)50(56)51-46(45-52)49(55)47(53)43-41-39-37-35-14-12-10-8-6-4-2/h22-23,46-49,52-55H,3-21,24-45H2,1-2H3,(H,51,56)/b23-22-. The summed E-state index contributed by atoms with van der Waals surface area (Å²) in [5, 5.41) is 43.6. The van der Waals surface area contributed by atoms with Crippen molar-refractivity contribution >= 4 is 5.91 Å². The quantitative estimate of drug-likeness (QED) is 0.0311. The molecule has 0 aliphatic rings. The Morgan fingerprint density at radius 1 is 0.429 bits per heavy atom. The van der Waals surface area contributed by atoms with Gasteiger partial charge in [0.05, 0.1) is 18.8 Å². The van der Waals surface area contributed by atoms with Crippen LogP contribution in [0.15, 0.2) is 12.2 Å². The van der Waals surface area contributed by atoms with Crippen LogP contribution in [0.5, 0.6) is 0 Å². The molecule has 0 aliphatic carbocycles. The minimum absolute atomic E-state index is 0.372. The van der Waals surface area contributed by atoms with Crippen LogP contribution in [0.3, 0.4) is 0 Å². The Bertz CT molecular complexity index is 806. The molecule has 4 atom stereocenters. The molecule has 0 aromatic rings. The Labute approximate surface area is 349 Å². The highest BCUT2D eigenvalue weighted by molar-refractivity contribution is 5.80. The number of hydrogen-bond donors (Lipinski definition) is 5. The van der Waals surface area contributed by atoms with Crippen LogP contribution >= 0.6 is 0 Å². The molecule has 0 aromatic heterocycles. The van der Waals surface area contributed by atoms with Crippen molar-refractivity contribution in [2.75, 3.05) is 6.61 Å². The SMILES string of the molecule is CCCCCCCCCCCCCC/C=C\CCCCCCCCCCCCCCCCC(O)C(=O)NC(CO)C(O)C(O)CCCCCCCCCCCC. The van der Waals surface area contributed by atoms with Crippen LogP contribution in [0.1, 0.15) is 271 Å². The fraction of sp³-hybridized carbons (Fsp3) is 0.940. The second kappa shape index (κ2) is 45.1. The number of nitrogens with one attached hydrogen (secondary N) is 1. The fourth-order valence-electron chi connectivity index (χ4n) is 7.99. The molecular formula is C50H99NO5. The van der Waals surface area contributed by atoms with Crippen LogP contribution in [0.25, 0.3) is 0 Å². The van der Waals surface area contributed by atoms with Gasteiger partial charge in [-0.2, -0.15) is 0 Å². The number of aliphatic hydroxyl groups excluding tert-OH is 4. The highest BCUT2D eigenvalue weighted by atomic mass is 16.3. The predicted molar refractivity (Wildman–Crippen MR) is 242 cm³/mol. The zero-order valence-electron chi connectivity index (χ0n) is 37.7. The lowest BCUT2D eigenvalue weighted by molar-refractivity contribution is -0.132. The number of amides is 1. The maximum Gasteiger partial charge on any atom is 0.249 e. The lowest BCUT2D eigenvalue weighted by Crippen LogP contribution is -2.53. The molecule has 0 fully saturated rings. The summed E-state index contributed by atoms with van der Waals surface area (Å²) >= 11 is 0. The number of hydrogen-bond acceptors (Lipinski definition) is 5. The number of rotatable bonds is 46. The van der Waals surface area contributed by atoms with Crippen molar-refractivity contribution in [3.05, 3.63) is 12.2 Å². The predicted octanol–water partition coefficient (Wildman–Crippen LogP) is 13.7. The molecule has 56 heavy (non-hydrogen) atoms. The topological polar surface area (TPSA) is 110 Å². The molecule has 0 aromatic carbocycles. The number of carbonyl (C=O) groups is 1. The van der Waals surface area contributed by atoms with Gasteiger partial charge in [0.1, 0.15) is 12.2 Å². The summed E-state index contributed by atoms with van der Waals surface area (Å²) < 4.78 is 0. The molecule has 0 heterocycles. The average Bonchev–Trinajstić information content (AvgIpc) is 3.20. The summed E-state index contributed by atoms with van der Waals surface area (Å²) in [6.45, 7) is 4.05. The van der Waals surface area contributed by atoms with Crippen molar-refractivity contribution < 1.29 is 25.2 Å². The highest BCUT2D eigenvalue weighted by Crippen LogP contribution is 2.17. The van der Waals surface area contributed by atoms with Gasteiger partial charge in [-0.1, -0.05) is 244 Å². The van der Waals surface area contributed by atoms with Crippen LogP contribution in [0.2, 0.25) is 0 Å². The normalized spacial score (nSPS) is 14.0. The maximum absolute atomic E-state index is 12.5. The molecule has 4 unspecified atom stereocenters. The number of unbranched alkanes of at least 4 members (excludes halogenated alkanes) is 35. The van der Waals surface area contributed by atoms with Gasteiger partial charge in [-0.25, -0.2) is 0 Å². The minimum Gasteiger partial charge on any atom is -0.394 e. The van der Waals surface area contributed by atoms with Crippen LogP contribution in [0, 0.1) is 0 Å². The van der Waals surface area contributed by atoms with E-state index in [2.05, 4.69) is 31.3 Å². The average molecular weight is 794 g/mol. The molecule has 5 N–H and O–H groups in total. The van der Waals surface area contributed by atoms with Crippen molar-refractivity contribution in [3.63, 3.8) is 0 Å². The molecule has 6 nitrogen and oxygen atoms in total. The molecule has 1 amide bonds. The van der Waals surface area contributed by atoms with E-state index in [-0.39, 0.29) is 0 Å². The Hall–Kier alpha value is -0.950. The Kier molecular flexibility index (Phi) is 44.4. The third-order valence-corrected chi connectivity index (χ3v) is 12.0. The van der Waals surface area contributed by atoms with Crippen molar-refractivity contribution in [1.82, 2.24) is 5.32 Å². The second-order valence-electron chi connectivity index (χ2n) is 17.5. The van der Waals surface area contributed by atoms with Gasteiger partial charge in [0.2, 0.25) is 5.91 Å². The molecule has 6 heteroatoms.